The Hall–Kier alpha value is -3.49. The van der Waals surface area contributed by atoms with Crippen LogP contribution in [0.25, 0.3) is 0 Å². The van der Waals surface area contributed by atoms with E-state index in [0.717, 1.165) is 0 Å². The number of hydrogen-bond donors (Lipinski definition) is 2. The SMILES string of the molecule is CNC(=O)NC(=O)/C(=N/OC)c1ccccc1Oc1ccncn1. The molecule has 0 aliphatic heterocycles. The molecule has 0 saturated carbocycles. The highest BCUT2D eigenvalue weighted by Gasteiger charge is 2.21. The van der Waals surface area contributed by atoms with E-state index in [2.05, 4.69) is 25.8 Å². The summed E-state index contributed by atoms with van der Waals surface area (Å²) < 4.78 is 5.65. The third kappa shape index (κ3) is 4.26. The molecule has 0 fully saturated rings. The molecule has 0 aliphatic carbocycles. The van der Waals surface area contributed by atoms with Crippen molar-refractivity contribution in [3.63, 3.8) is 0 Å². The molecule has 0 radical (unpaired) electrons. The van der Waals surface area contributed by atoms with Crippen LogP contribution in [0.1, 0.15) is 5.56 Å². The van der Waals surface area contributed by atoms with E-state index in [9.17, 15) is 9.59 Å². The van der Waals surface area contributed by atoms with E-state index in [1.807, 2.05) is 0 Å². The van der Waals surface area contributed by atoms with Crippen molar-refractivity contribution in [3.8, 4) is 11.6 Å². The summed E-state index contributed by atoms with van der Waals surface area (Å²) in [5.74, 6) is -0.130. The van der Waals surface area contributed by atoms with Gasteiger partial charge in [0.1, 0.15) is 19.2 Å². The maximum absolute atomic E-state index is 12.2. The second-order valence-electron chi connectivity index (χ2n) is 4.30. The molecule has 0 spiro atoms. The Balaban J connectivity index is 2.35. The summed E-state index contributed by atoms with van der Waals surface area (Å²) in [6.07, 6.45) is 2.85. The Morgan fingerprint density at radius 2 is 2.00 bits per heavy atom. The van der Waals surface area contributed by atoms with Gasteiger partial charge in [-0.05, 0) is 12.1 Å². The standard InChI is InChI=1S/C15H15N5O4/c1-16-15(22)19-14(21)13(20-23-2)10-5-3-4-6-11(10)24-12-7-8-17-9-18-12/h3-9H,1-2H3,(H2,16,19,21,22)/b20-13+. The lowest BCUT2D eigenvalue weighted by atomic mass is 10.1. The molecule has 1 aromatic heterocycles. The van der Waals surface area contributed by atoms with E-state index in [0.29, 0.717) is 17.2 Å². The summed E-state index contributed by atoms with van der Waals surface area (Å²) in [5, 5.41) is 8.10. The first kappa shape index (κ1) is 16.9. The first-order valence-electron chi connectivity index (χ1n) is 6.83. The number of carbonyl (C=O) groups excluding carboxylic acids is 2. The minimum Gasteiger partial charge on any atom is -0.438 e. The van der Waals surface area contributed by atoms with Crippen molar-refractivity contribution in [2.24, 2.45) is 5.16 Å². The van der Waals surface area contributed by atoms with E-state index < -0.39 is 11.9 Å². The monoisotopic (exact) mass is 329 g/mol. The highest BCUT2D eigenvalue weighted by atomic mass is 16.6. The zero-order valence-corrected chi connectivity index (χ0v) is 13.0. The number of aromatic nitrogens is 2. The minimum atomic E-state index is -0.741. The summed E-state index contributed by atoms with van der Waals surface area (Å²) in [5.41, 5.74) is 0.213. The number of benzene rings is 1. The molecule has 24 heavy (non-hydrogen) atoms. The van der Waals surface area contributed by atoms with Crippen LogP contribution in [0.2, 0.25) is 0 Å². The molecular formula is C15H15N5O4. The van der Waals surface area contributed by atoms with Crippen LogP contribution in [0.3, 0.4) is 0 Å². The number of oxime groups is 1. The molecule has 9 heteroatoms. The Kier molecular flexibility index (Phi) is 5.78. The van der Waals surface area contributed by atoms with E-state index in [1.165, 1.54) is 26.7 Å². The van der Waals surface area contributed by atoms with Gasteiger partial charge < -0.3 is 14.9 Å². The molecule has 2 rings (SSSR count). The number of carbonyl (C=O) groups is 2. The number of amides is 3. The van der Waals surface area contributed by atoms with Crippen LogP contribution in [0.5, 0.6) is 11.6 Å². The Morgan fingerprint density at radius 1 is 1.21 bits per heavy atom. The van der Waals surface area contributed by atoms with Crippen LogP contribution in [0.15, 0.2) is 48.0 Å². The van der Waals surface area contributed by atoms with Crippen molar-refractivity contribution in [2.45, 2.75) is 0 Å². The van der Waals surface area contributed by atoms with E-state index >= 15 is 0 Å². The van der Waals surface area contributed by atoms with Crippen LogP contribution >= 0.6 is 0 Å². The third-order valence-electron chi connectivity index (χ3n) is 2.76. The van der Waals surface area contributed by atoms with Gasteiger partial charge in [0.05, 0.1) is 5.56 Å². The predicted octanol–water partition coefficient (Wildman–Crippen LogP) is 1.08. The molecule has 9 nitrogen and oxygen atoms in total. The summed E-state index contributed by atoms with van der Waals surface area (Å²) >= 11 is 0. The van der Waals surface area contributed by atoms with Gasteiger partial charge in [-0.25, -0.2) is 14.8 Å². The fourth-order valence-electron chi connectivity index (χ4n) is 1.73. The largest absolute Gasteiger partial charge is 0.438 e. The van der Waals surface area contributed by atoms with Gasteiger partial charge in [0.25, 0.3) is 5.91 Å². The second kappa shape index (κ2) is 8.22. The van der Waals surface area contributed by atoms with Crippen molar-refractivity contribution < 1.29 is 19.2 Å². The average Bonchev–Trinajstić information content (AvgIpc) is 2.61. The lowest BCUT2D eigenvalue weighted by molar-refractivity contribution is -0.113. The van der Waals surface area contributed by atoms with Crippen LogP contribution < -0.4 is 15.4 Å². The molecular weight excluding hydrogens is 314 g/mol. The molecule has 3 amide bonds. The lowest BCUT2D eigenvalue weighted by Crippen LogP contribution is -2.41. The van der Waals surface area contributed by atoms with E-state index in [4.69, 9.17) is 9.57 Å². The fourth-order valence-corrected chi connectivity index (χ4v) is 1.73. The minimum absolute atomic E-state index is 0.120. The first-order valence-corrected chi connectivity index (χ1v) is 6.83. The van der Waals surface area contributed by atoms with Gasteiger partial charge in [0.2, 0.25) is 5.88 Å². The summed E-state index contributed by atoms with van der Waals surface area (Å²) in [6, 6.07) is 7.56. The number of nitrogens with zero attached hydrogens (tertiary/aromatic N) is 3. The lowest BCUT2D eigenvalue weighted by Gasteiger charge is -2.11. The van der Waals surface area contributed by atoms with Gasteiger partial charge in [0, 0.05) is 19.3 Å². The number of urea groups is 1. The van der Waals surface area contributed by atoms with Gasteiger partial charge >= 0.3 is 6.03 Å². The zero-order valence-electron chi connectivity index (χ0n) is 13.0. The molecule has 0 unspecified atom stereocenters. The third-order valence-corrected chi connectivity index (χ3v) is 2.76. The number of imide groups is 1. The van der Waals surface area contributed by atoms with Crippen LogP contribution in [0.4, 0.5) is 4.79 Å². The maximum Gasteiger partial charge on any atom is 0.321 e. The van der Waals surface area contributed by atoms with Gasteiger partial charge in [-0.1, -0.05) is 17.3 Å². The molecule has 124 valence electrons. The Morgan fingerprint density at radius 3 is 2.67 bits per heavy atom. The maximum atomic E-state index is 12.2. The predicted molar refractivity (Wildman–Crippen MR) is 84.7 cm³/mol. The fraction of sp³-hybridized carbons (Fsp3) is 0.133. The Bertz CT molecular complexity index is 749. The number of hydrogen-bond acceptors (Lipinski definition) is 7. The zero-order chi connectivity index (χ0) is 17.4. The van der Waals surface area contributed by atoms with E-state index in [1.54, 1.807) is 30.3 Å². The van der Waals surface area contributed by atoms with Gasteiger partial charge in [-0.3, -0.25) is 10.1 Å². The Labute approximate surface area is 137 Å². The van der Waals surface area contributed by atoms with Crippen molar-refractivity contribution >= 4 is 17.6 Å². The average molecular weight is 329 g/mol. The number of rotatable bonds is 5. The summed E-state index contributed by atoms with van der Waals surface area (Å²) in [4.78, 5) is 36.1. The van der Waals surface area contributed by atoms with Gasteiger partial charge in [-0.15, -0.1) is 0 Å². The van der Waals surface area contributed by atoms with Crippen LogP contribution in [-0.2, 0) is 9.63 Å². The highest BCUT2D eigenvalue weighted by molar-refractivity contribution is 6.47. The molecule has 0 aliphatic rings. The van der Waals surface area contributed by atoms with Crippen molar-refractivity contribution in [3.05, 3.63) is 48.4 Å². The van der Waals surface area contributed by atoms with Gasteiger partial charge in [0.15, 0.2) is 5.71 Å². The smallest absolute Gasteiger partial charge is 0.321 e. The number of ether oxygens (including phenoxy) is 1. The number of nitrogens with one attached hydrogen (secondary N) is 2. The molecule has 2 aromatic rings. The summed E-state index contributed by atoms with van der Waals surface area (Å²) in [6.45, 7) is 0. The number of para-hydroxylation sites is 1. The highest BCUT2D eigenvalue weighted by Crippen LogP contribution is 2.24. The second-order valence-corrected chi connectivity index (χ2v) is 4.30. The molecule has 1 aromatic carbocycles. The molecule has 0 saturated heterocycles. The summed E-state index contributed by atoms with van der Waals surface area (Å²) in [7, 11) is 2.68. The molecule has 1 heterocycles. The van der Waals surface area contributed by atoms with Crippen molar-refractivity contribution in [2.75, 3.05) is 14.2 Å². The topological polar surface area (TPSA) is 115 Å². The van der Waals surface area contributed by atoms with Crippen molar-refractivity contribution in [1.29, 1.82) is 0 Å². The van der Waals surface area contributed by atoms with Crippen LogP contribution in [-0.4, -0.2) is 41.8 Å². The quantitative estimate of drug-likeness (QED) is 0.626. The first-order chi connectivity index (χ1) is 11.7. The normalized spacial score (nSPS) is 10.7. The molecule has 0 atom stereocenters. The van der Waals surface area contributed by atoms with E-state index in [-0.39, 0.29) is 5.71 Å². The van der Waals surface area contributed by atoms with Crippen LogP contribution in [0, 0.1) is 0 Å². The van der Waals surface area contributed by atoms with Gasteiger partial charge in [-0.2, -0.15) is 0 Å². The van der Waals surface area contributed by atoms with Crippen molar-refractivity contribution in [1.82, 2.24) is 20.6 Å². The molecule has 0 bridgehead atoms. The molecule has 2 N–H and O–H groups in total.